The molecule has 0 bridgehead atoms. The molecule has 6 heteroatoms. The first-order valence-corrected chi connectivity index (χ1v) is 5.95. The van der Waals surface area contributed by atoms with E-state index in [9.17, 15) is 9.59 Å². The first kappa shape index (κ1) is 12.3. The Balaban J connectivity index is 2.29. The van der Waals surface area contributed by atoms with E-state index in [-0.39, 0.29) is 11.5 Å². The standard InChI is InChI=1S/C14H10O6/c15-13(16)19-9-5-3-7-1-2-8-4-6-10(20-14(17)18)12(9)11(7)8/h3-6H,1-2H2,(H,15,16)(H,17,18). The summed E-state index contributed by atoms with van der Waals surface area (Å²) in [5, 5.41) is 18.8. The van der Waals surface area contributed by atoms with E-state index in [0.29, 0.717) is 5.39 Å². The van der Waals surface area contributed by atoms with Gasteiger partial charge < -0.3 is 19.7 Å². The predicted octanol–water partition coefficient (Wildman–Crippen LogP) is 3.05. The quantitative estimate of drug-likeness (QED) is 0.645. The summed E-state index contributed by atoms with van der Waals surface area (Å²) in [6.07, 6.45) is -1.25. The smallest absolute Gasteiger partial charge is 0.449 e. The zero-order chi connectivity index (χ0) is 14.3. The van der Waals surface area contributed by atoms with Crippen LogP contribution in [0.25, 0.3) is 10.8 Å². The molecule has 102 valence electrons. The highest BCUT2D eigenvalue weighted by Crippen LogP contribution is 2.41. The normalized spacial score (nSPS) is 12.4. The van der Waals surface area contributed by atoms with Gasteiger partial charge in [0.25, 0.3) is 0 Å². The summed E-state index contributed by atoms with van der Waals surface area (Å²) in [4.78, 5) is 21.5. The van der Waals surface area contributed by atoms with Gasteiger partial charge in [0, 0.05) is 0 Å². The van der Waals surface area contributed by atoms with Crippen molar-refractivity contribution in [2.75, 3.05) is 0 Å². The summed E-state index contributed by atoms with van der Waals surface area (Å²) in [7, 11) is 0. The second-order valence-electron chi connectivity index (χ2n) is 4.43. The van der Waals surface area contributed by atoms with Gasteiger partial charge in [-0.05, 0) is 41.5 Å². The van der Waals surface area contributed by atoms with E-state index in [1.54, 1.807) is 12.1 Å². The van der Waals surface area contributed by atoms with Crippen molar-refractivity contribution in [2.24, 2.45) is 0 Å². The molecule has 6 nitrogen and oxygen atoms in total. The zero-order valence-corrected chi connectivity index (χ0v) is 10.3. The molecule has 0 unspecified atom stereocenters. The molecule has 0 saturated heterocycles. The number of ether oxygens (including phenoxy) is 2. The molecular formula is C14H10O6. The number of carboxylic acid groups (broad SMARTS) is 2. The Kier molecular flexibility index (Phi) is 2.71. The van der Waals surface area contributed by atoms with Gasteiger partial charge in [0.15, 0.2) is 0 Å². The predicted molar refractivity (Wildman–Crippen MR) is 68.7 cm³/mol. The Labute approximate surface area is 113 Å². The number of aryl methyl sites for hydroxylation is 2. The fraction of sp³-hybridized carbons (Fsp3) is 0.143. The maximum atomic E-state index is 10.8. The topological polar surface area (TPSA) is 93.1 Å². The van der Waals surface area contributed by atoms with Crippen LogP contribution in [0.3, 0.4) is 0 Å². The Morgan fingerprint density at radius 3 is 1.65 bits per heavy atom. The summed E-state index contributed by atoms with van der Waals surface area (Å²) >= 11 is 0. The van der Waals surface area contributed by atoms with Crippen LogP contribution >= 0.6 is 0 Å². The molecular weight excluding hydrogens is 264 g/mol. The van der Waals surface area contributed by atoms with Gasteiger partial charge in [-0.15, -0.1) is 0 Å². The second-order valence-corrected chi connectivity index (χ2v) is 4.43. The Hall–Kier alpha value is -2.76. The molecule has 0 radical (unpaired) electrons. The molecule has 3 rings (SSSR count). The first-order chi connectivity index (χ1) is 9.56. The maximum Gasteiger partial charge on any atom is 0.511 e. The van der Waals surface area contributed by atoms with E-state index >= 15 is 0 Å². The third-order valence-corrected chi connectivity index (χ3v) is 3.32. The van der Waals surface area contributed by atoms with Crippen molar-refractivity contribution in [3.05, 3.63) is 35.4 Å². The third-order valence-electron chi connectivity index (χ3n) is 3.32. The van der Waals surface area contributed by atoms with Crippen molar-refractivity contribution in [2.45, 2.75) is 12.8 Å². The summed E-state index contributed by atoms with van der Waals surface area (Å²) in [6, 6.07) is 6.63. The van der Waals surface area contributed by atoms with Crippen molar-refractivity contribution in [3.8, 4) is 11.5 Å². The molecule has 0 saturated carbocycles. The fourth-order valence-electron chi connectivity index (χ4n) is 2.63. The number of benzene rings is 2. The van der Waals surface area contributed by atoms with Gasteiger partial charge in [-0.3, -0.25) is 0 Å². The molecule has 0 spiro atoms. The van der Waals surface area contributed by atoms with Gasteiger partial charge in [-0.25, -0.2) is 9.59 Å². The highest BCUT2D eigenvalue weighted by atomic mass is 16.7. The summed E-state index contributed by atoms with van der Waals surface area (Å²) in [6.45, 7) is 0. The summed E-state index contributed by atoms with van der Waals surface area (Å²) in [5.41, 5.74) is 2.06. The SMILES string of the molecule is O=C(O)Oc1ccc2c3c(ccc(OC(=O)O)c13)CC2. The molecule has 0 atom stereocenters. The number of hydrogen-bond donors (Lipinski definition) is 2. The Morgan fingerprint density at radius 1 is 0.800 bits per heavy atom. The number of hydrogen-bond acceptors (Lipinski definition) is 4. The van der Waals surface area contributed by atoms with Crippen LogP contribution in [0.1, 0.15) is 11.1 Å². The molecule has 0 aromatic heterocycles. The molecule has 2 aromatic carbocycles. The lowest BCUT2D eigenvalue weighted by Gasteiger charge is -2.11. The van der Waals surface area contributed by atoms with Crippen LogP contribution in [-0.2, 0) is 12.8 Å². The number of rotatable bonds is 2. The average molecular weight is 274 g/mol. The van der Waals surface area contributed by atoms with E-state index in [1.807, 2.05) is 0 Å². The molecule has 20 heavy (non-hydrogen) atoms. The minimum Gasteiger partial charge on any atom is -0.449 e. The molecule has 0 heterocycles. The van der Waals surface area contributed by atoms with Crippen LogP contribution in [0.5, 0.6) is 11.5 Å². The highest BCUT2D eigenvalue weighted by molar-refractivity contribution is 6.01. The van der Waals surface area contributed by atoms with Gasteiger partial charge in [0.2, 0.25) is 0 Å². The molecule has 2 aromatic rings. The van der Waals surface area contributed by atoms with E-state index < -0.39 is 12.3 Å². The van der Waals surface area contributed by atoms with Gasteiger partial charge >= 0.3 is 12.3 Å². The lowest BCUT2D eigenvalue weighted by atomic mass is 10.0. The summed E-state index contributed by atoms with van der Waals surface area (Å²) in [5.74, 6) is 0.160. The van der Waals surface area contributed by atoms with Gasteiger partial charge in [0.05, 0.1) is 5.39 Å². The van der Waals surface area contributed by atoms with Crippen LogP contribution in [0.4, 0.5) is 9.59 Å². The maximum absolute atomic E-state index is 10.8. The van der Waals surface area contributed by atoms with Gasteiger partial charge in [0.1, 0.15) is 11.5 Å². The molecule has 1 aliphatic rings. The van der Waals surface area contributed by atoms with Crippen molar-refractivity contribution >= 4 is 23.1 Å². The lowest BCUT2D eigenvalue weighted by molar-refractivity contribution is 0.144. The first-order valence-electron chi connectivity index (χ1n) is 5.95. The van der Waals surface area contributed by atoms with Gasteiger partial charge in [-0.1, -0.05) is 12.1 Å². The lowest BCUT2D eigenvalue weighted by Crippen LogP contribution is -2.06. The van der Waals surface area contributed by atoms with Crippen LogP contribution in [-0.4, -0.2) is 22.5 Å². The largest absolute Gasteiger partial charge is 0.511 e. The van der Waals surface area contributed by atoms with E-state index in [2.05, 4.69) is 0 Å². The van der Waals surface area contributed by atoms with E-state index in [4.69, 9.17) is 19.7 Å². The Morgan fingerprint density at radius 2 is 1.25 bits per heavy atom. The fourth-order valence-corrected chi connectivity index (χ4v) is 2.63. The molecule has 0 amide bonds. The van der Waals surface area contributed by atoms with Crippen LogP contribution in [0.15, 0.2) is 24.3 Å². The van der Waals surface area contributed by atoms with Crippen LogP contribution in [0.2, 0.25) is 0 Å². The highest BCUT2D eigenvalue weighted by Gasteiger charge is 2.22. The van der Waals surface area contributed by atoms with Crippen molar-refractivity contribution in [3.63, 3.8) is 0 Å². The molecule has 0 fully saturated rings. The van der Waals surface area contributed by atoms with Crippen molar-refractivity contribution in [1.82, 2.24) is 0 Å². The summed E-state index contributed by atoms with van der Waals surface area (Å²) < 4.78 is 9.46. The molecule has 1 aliphatic carbocycles. The van der Waals surface area contributed by atoms with Crippen LogP contribution in [0, 0.1) is 0 Å². The minimum absolute atomic E-state index is 0.0799. The second kappa shape index (κ2) is 4.41. The zero-order valence-electron chi connectivity index (χ0n) is 10.3. The number of carbonyl (C=O) groups is 2. The van der Waals surface area contributed by atoms with Crippen molar-refractivity contribution in [1.29, 1.82) is 0 Å². The molecule has 0 aliphatic heterocycles. The minimum atomic E-state index is -1.45. The van der Waals surface area contributed by atoms with Crippen molar-refractivity contribution < 1.29 is 29.3 Å². The third kappa shape index (κ3) is 1.91. The van der Waals surface area contributed by atoms with Crippen LogP contribution < -0.4 is 9.47 Å². The Bertz CT molecular complexity index is 675. The average Bonchev–Trinajstić information content (AvgIpc) is 2.78. The van der Waals surface area contributed by atoms with E-state index in [1.165, 1.54) is 12.1 Å². The molecule has 2 N–H and O–H groups in total. The van der Waals surface area contributed by atoms with Gasteiger partial charge in [-0.2, -0.15) is 0 Å². The monoisotopic (exact) mass is 274 g/mol. The van der Waals surface area contributed by atoms with E-state index in [0.717, 1.165) is 29.4 Å².